The Morgan fingerprint density at radius 1 is 1.20 bits per heavy atom. The molecule has 0 heterocycles. The molecule has 1 rings (SSSR count). The van der Waals surface area contributed by atoms with Crippen molar-refractivity contribution >= 4 is 11.8 Å². The third-order valence-corrected chi connectivity index (χ3v) is 2.53. The monoisotopic (exact) mass is 282 g/mol. The number of hydrogen-bond donors (Lipinski definition) is 4. The summed E-state index contributed by atoms with van der Waals surface area (Å²) in [6.07, 6.45) is 0.120. The molecule has 0 fully saturated rings. The van der Waals surface area contributed by atoms with Crippen molar-refractivity contribution in [2.45, 2.75) is 6.42 Å². The van der Waals surface area contributed by atoms with E-state index in [1.807, 2.05) is 0 Å². The van der Waals surface area contributed by atoms with Gasteiger partial charge in [-0.05, 0) is 12.1 Å². The molecule has 0 aliphatic rings. The standard InChI is InChI=1S/C13H18N2O5/c1-20-8-7-14-11(17)5-6-15-13(19)9-3-2-4-10(16)12(9)18/h2-4,16,18H,5-8H2,1H3,(H,14,17)(H,15,19). The minimum absolute atomic E-state index is 0.0372. The second kappa shape index (κ2) is 8.00. The fraction of sp³-hybridized carbons (Fsp3) is 0.385. The van der Waals surface area contributed by atoms with Crippen molar-refractivity contribution in [3.8, 4) is 11.5 Å². The van der Waals surface area contributed by atoms with Crippen molar-refractivity contribution in [2.24, 2.45) is 0 Å². The minimum atomic E-state index is -0.553. The highest BCUT2D eigenvalue weighted by Gasteiger charge is 2.13. The Morgan fingerprint density at radius 2 is 1.95 bits per heavy atom. The summed E-state index contributed by atoms with van der Waals surface area (Å²) in [5.74, 6) is -1.60. The predicted octanol–water partition coefficient (Wildman–Crippen LogP) is -0.0197. The third-order valence-electron chi connectivity index (χ3n) is 2.53. The molecule has 7 nitrogen and oxygen atoms in total. The number of phenols is 2. The van der Waals surface area contributed by atoms with Crippen LogP contribution < -0.4 is 10.6 Å². The van der Waals surface area contributed by atoms with Crippen LogP contribution in [0, 0.1) is 0 Å². The van der Waals surface area contributed by atoms with Gasteiger partial charge in [0.25, 0.3) is 5.91 Å². The van der Waals surface area contributed by atoms with Gasteiger partial charge in [-0.15, -0.1) is 0 Å². The number of aromatic hydroxyl groups is 2. The smallest absolute Gasteiger partial charge is 0.255 e. The lowest BCUT2D eigenvalue weighted by atomic mass is 10.1. The summed E-state index contributed by atoms with van der Waals surface area (Å²) in [5.41, 5.74) is -0.0372. The topological polar surface area (TPSA) is 108 Å². The number of nitrogens with one attached hydrogen (secondary N) is 2. The molecule has 4 N–H and O–H groups in total. The number of phenolic OH excluding ortho intramolecular Hbond substituents is 2. The molecule has 0 aliphatic heterocycles. The zero-order valence-corrected chi connectivity index (χ0v) is 11.2. The molecule has 0 saturated carbocycles. The van der Waals surface area contributed by atoms with Crippen molar-refractivity contribution in [1.82, 2.24) is 10.6 Å². The molecule has 0 spiro atoms. The van der Waals surface area contributed by atoms with E-state index in [2.05, 4.69) is 10.6 Å². The number of carbonyl (C=O) groups excluding carboxylic acids is 2. The summed E-state index contributed by atoms with van der Waals surface area (Å²) in [6.45, 7) is 0.971. The minimum Gasteiger partial charge on any atom is -0.504 e. The van der Waals surface area contributed by atoms with E-state index in [4.69, 9.17) is 4.74 Å². The number of ether oxygens (including phenoxy) is 1. The van der Waals surface area contributed by atoms with Gasteiger partial charge in [0.15, 0.2) is 11.5 Å². The molecule has 0 unspecified atom stereocenters. The Bertz CT molecular complexity index is 476. The van der Waals surface area contributed by atoms with E-state index < -0.39 is 11.7 Å². The molecule has 20 heavy (non-hydrogen) atoms. The van der Waals surface area contributed by atoms with Gasteiger partial charge < -0.3 is 25.6 Å². The maximum absolute atomic E-state index is 11.7. The van der Waals surface area contributed by atoms with Crippen LogP contribution in [0.2, 0.25) is 0 Å². The summed E-state index contributed by atoms with van der Waals surface area (Å²) in [6, 6.07) is 4.10. The molecular formula is C13H18N2O5. The van der Waals surface area contributed by atoms with Gasteiger partial charge in [0.1, 0.15) is 0 Å². The van der Waals surface area contributed by atoms with E-state index in [0.717, 1.165) is 0 Å². The fourth-order valence-corrected chi connectivity index (χ4v) is 1.48. The van der Waals surface area contributed by atoms with Crippen LogP contribution in [0.3, 0.4) is 0 Å². The Kier molecular flexibility index (Phi) is 6.31. The van der Waals surface area contributed by atoms with Gasteiger partial charge in [0, 0.05) is 26.6 Å². The van der Waals surface area contributed by atoms with Crippen LogP contribution in [0.5, 0.6) is 11.5 Å². The average Bonchev–Trinajstić information content (AvgIpc) is 2.42. The van der Waals surface area contributed by atoms with Crippen molar-refractivity contribution < 1.29 is 24.5 Å². The molecule has 0 aromatic heterocycles. The highest BCUT2D eigenvalue weighted by molar-refractivity contribution is 5.97. The van der Waals surface area contributed by atoms with E-state index in [1.165, 1.54) is 25.3 Å². The van der Waals surface area contributed by atoms with Crippen molar-refractivity contribution in [3.05, 3.63) is 23.8 Å². The summed E-state index contributed by atoms with van der Waals surface area (Å²) in [5, 5.41) is 23.9. The molecule has 1 aromatic carbocycles. The number of methoxy groups -OCH3 is 1. The lowest BCUT2D eigenvalue weighted by Gasteiger charge is -2.08. The normalized spacial score (nSPS) is 10.1. The maximum atomic E-state index is 11.7. The average molecular weight is 282 g/mol. The molecule has 0 bridgehead atoms. The van der Waals surface area contributed by atoms with Gasteiger partial charge in [-0.3, -0.25) is 9.59 Å². The van der Waals surface area contributed by atoms with Crippen LogP contribution >= 0.6 is 0 Å². The van der Waals surface area contributed by atoms with Crippen molar-refractivity contribution in [2.75, 3.05) is 26.8 Å². The first kappa shape index (κ1) is 15.8. The molecule has 0 saturated heterocycles. The second-order valence-corrected chi connectivity index (χ2v) is 4.02. The first-order valence-electron chi connectivity index (χ1n) is 6.11. The van der Waals surface area contributed by atoms with Gasteiger partial charge in [0.2, 0.25) is 5.91 Å². The Morgan fingerprint density at radius 3 is 2.65 bits per heavy atom. The van der Waals surface area contributed by atoms with E-state index in [-0.39, 0.29) is 30.2 Å². The van der Waals surface area contributed by atoms with Crippen LogP contribution in [0.4, 0.5) is 0 Å². The highest BCUT2D eigenvalue weighted by atomic mass is 16.5. The number of benzene rings is 1. The molecule has 0 radical (unpaired) electrons. The van der Waals surface area contributed by atoms with Gasteiger partial charge in [-0.1, -0.05) is 6.07 Å². The SMILES string of the molecule is COCCNC(=O)CCNC(=O)c1cccc(O)c1O. The van der Waals surface area contributed by atoms with E-state index >= 15 is 0 Å². The first-order valence-corrected chi connectivity index (χ1v) is 6.11. The Hall–Kier alpha value is -2.28. The van der Waals surface area contributed by atoms with E-state index in [1.54, 1.807) is 0 Å². The van der Waals surface area contributed by atoms with Crippen molar-refractivity contribution in [3.63, 3.8) is 0 Å². The fourth-order valence-electron chi connectivity index (χ4n) is 1.48. The number of rotatable bonds is 7. The maximum Gasteiger partial charge on any atom is 0.255 e. The molecule has 0 aliphatic carbocycles. The number of hydrogen-bond acceptors (Lipinski definition) is 5. The highest BCUT2D eigenvalue weighted by Crippen LogP contribution is 2.27. The molecule has 0 atom stereocenters. The number of para-hydroxylation sites is 1. The molecule has 110 valence electrons. The molecule has 2 amide bonds. The zero-order chi connectivity index (χ0) is 15.0. The second-order valence-electron chi connectivity index (χ2n) is 4.02. The van der Waals surface area contributed by atoms with Gasteiger partial charge >= 0.3 is 0 Å². The number of carbonyl (C=O) groups is 2. The van der Waals surface area contributed by atoms with Crippen LogP contribution in [0.25, 0.3) is 0 Å². The molecule has 7 heteroatoms. The largest absolute Gasteiger partial charge is 0.504 e. The third kappa shape index (κ3) is 4.77. The summed E-state index contributed by atoms with van der Waals surface area (Å²) in [4.78, 5) is 23.1. The van der Waals surface area contributed by atoms with Crippen LogP contribution in [0.1, 0.15) is 16.8 Å². The predicted molar refractivity (Wildman–Crippen MR) is 71.6 cm³/mol. The quantitative estimate of drug-likeness (QED) is 0.415. The summed E-state index contributed by atoms with van der Waals surface area (Å²) >= 11 is 0. The van der Waals surface area contributed by atoms with E-state index in [0.29, 0.717) is 13.2 Å². The number of amides is 2. The lowest BCUT2D eigenvalue weighted by Crippen LogP contribution is -2.32. The van der Waals surface area contributed by atoms with Crippen LogP contribution in [0.15, 0.2) is 18.2 Å². The van der Waals surface area contributed by atoms with Crippen molar-refractivity contribution in [1.29, 1.82) is 0 Å². The van der Waals surface area contributed by atoms with E-state index in [9.17, 15) is 19.8 Å². The first-order chi connectivity index (χ1) is 9.56. The van der Waals surface area contributed by atoms with Crippen LogP contribution in [-0.4, -0.2) is 48.8 Å². The summed E-state index contributed by atoms with van der Waals surface area (Å²) < 4.78 is 4.78. The van der Waals surface area contributed by atoms with Gasteiger partial charge in [-0.2, -0.15) is 0 Å². The molecular weight excluding hydrogens is 264 g/mol. The van der Waals surface area contributed by atoms with Gasteiger partial charge in [0.05, 0.1) is 12.2 Å². The van der Waals surface area contributed by atoms with Crippen LogP contribution in [-0.2, 0) is 9.53 Å². The molecule has 1 aromatic rings. The Balaban J connectivity index is 2.37. The Labute approximate surface area is 116 Å². The zero-order valence-electron chi connectivity index (χ0n) is 11.2. The van der Waals surface area contributed by atoms with Gasteiger partial charge in [-0.25, -0.2) is 0 Å². The summed E-state index contributed by atoms with van der Waals surface area (Å²) in [7, 11) is 1.54. The lowest BCUT2D eigenvalue weighted by molar-refractivity contribution is -0.121.